The van der Waals surface area contributed by atoms with Crippen molar-refractivity contribution >= 4 is 29.6 Å². The first-order valence-electron chi connectivity index (χ1n) is 8.88. The summed E-state index contributed by atoms with van der Waals surface area (Å²) in [5, 5.41) is 5.63. The van der Waals surface area contributed by atoms with Gasteiger partial charge in [-0.1, -0.05) is 17.7 Å². The van der Waals surface area contributed by atoms with Crippen LogP contribution in [0.3, 0.4) is 0 Å². The molecule has 1 saturated heterocycles. The predicted octanol–water partition coefficient (Wildman–Crippen LogP) is 2.77. The smallest absolute Gasteiger partial charge is 0.415 e. The van der Waals surface area contributed by atoms with E-state index in [0.717, 1.165) is 6.42 Å². The zero-order valence-electron chi connectivity index (χ0n) is 16.4. The third-order valence-electron chi connectivity index (χ3n) is 4.09. The van der Waals surface area contributed by atoms with Crippen LogP contribution >= 0.6 is 11.6 Å². The number of halogens is 1. The second kappa shape index (κ2) is 8.89. The van der Waals surface area contributed by atoms with Crippen molar-refractivity contribution in [2.45, 2.75) is 51.5 Å². The second-order valence-corrected chi connectivity index (χ2v) is 7.81. The molecule has 1 aliphatic heterocycles. The van der Waals surface area contributed by atoms with Crippen LogP contribution < -0.4 is 10.6 Å². The Bertz CT molecular complexity index is 753. The van der Waals surface area contributed by atoms with E-state index >= 15 is 0 Å². The molecule has 0 saturated carbocycles. The maximum atomic E-state index is 12.2. The van der Waals surface area contributed by atoms with Gasteiger partial charge >= 0.3 is 18.0 Å². The van der Waals surface area contributed by atoms with E-state index in [1.807, 2.05) is 0 Å². The molecule has 0 aromatic heterocycles. The van der Waals surface area contributed by atoms with Gasteiger partial charge in [0.25, 0.3) is 0 Å². The number of hydrogen-bond donors (Lipinski definition) is 2. The molecule has 0 spiro atoms. The van der Waals surface area contributed by atoms with E-state index in [2.05, 4.69) is 10.6 Å². The zero-order chi connectivity index (χ0) is 20.9. The quantitative estimate of drug-likeness (QED) is 0.566. The lowest BCUT2D eigenvalue weighted by Gasteiger charge is -2.24. The van der Waals surface area contributed by atoms with Crippen LogP contribution in [0.5, 0.6) is 0 Å². The van der Waals surface area contributed by atoms with E-state index in [0.29, 0.717) is 24.1 Å². The number of benzene rings is 1. The van der Waals surface area contributed by atoms with Crippen LogP contribution in [-0.2, 0) is 25.5 Å². The lowest BCUT2D eigenvalue weighted by atomic mass is 10.1. The summed E-state index contributed by atoms with van der Waals surface area (Å²) in [6, 6.07) is 4.61. The van der Waals surface area contributed by atoms with Crippen LogP contribution in [0, 0.1) is 0 Å². The number of nitrogens with one attached hydrogen (secondary N) is 2. The highest BCUT2D eigenvalue weighted by atomic mass is 35.5. The first-order chi connectivity index (χ1) is 13.1. The Kier molecular flexibility index (Phi) is 7.03. The van der Waals surface area contributed by atoms with E-state index in [4.69, 9.17) is 25.8 Å². The predicted molar refractivity (Wildman–Crippen MR) is 102 cm³/mol. The minimum absolute atomic E-state index is 0.0208. The standard InChI is InChI=1S/C19H25ClN2O6/c1-18(2,3)28-15(23)12-6-7-13(14(20)10-12)11-21-17(25)27-16(24)19(26-4)8-5-9-22-19/h6-7,10,22H,5,8-9,11H2,1-4H3,(H,21,25)/t19-/m1/s1. The molecule has 1 aromatic carbocycles. The average Bonchev–Trinajstić information content (AvgIpc) is 3.09. The number of rotatable bonds is 5. The molecule has 1 aliphatic rings. The Morgan fingerprint density at radius 1 is 1.29 bits per heavy atom. The number of amides is 1. The van der Waals surface area contributed by atoms with Crippen molar-refractivity contribution in [1.82, 2.24) is 10.6 Å². The summed E-state index contributed by atoms with van der Waals surface area (Å²) in [7, 11) is 1.38. The van der Waals surface area contributed by atoms with Crippen LogP contribution in [-0.4, -0.2) is 43.0 Å². The van der Waals surface area contributed by atoms with E-state index in [9.17, 15) is 14.4 Å². The van der Waals surface area contributed by atoms with Crippen molar-refractivity contribution in [3.05, 3.63) is 34.3 Å². The van der Waals surface area contributed by atoms with Gasteiger partial charge in [0, 0.05) is 25.1 Å². The fourth-order valence-corrected chi connectivity index (χ4v) is 2.92. The Labute approximate surface area is 168 Å². The second-order valence-electron chi connectivity index (χ2n) is 7.40. The summed E-state index contributed by atoms with van der Waals surface area (Å²) < 4.78 is 15.3. The van der Waals surface area contributed by atoms with Gasteiger partial charge in [-0.3, -0.25) is 5.32 Å². The van der Waals surface area contributed by atoms with Gasteiger partial charge in [0.1, 0.15) is 5.60 Å². The number of carbonyl (C=O) groups is 3. The molecule has 1 amide bonds. The van der Waals surface area contributed by atoms with Gasteiger partial charge in [0.2, 0.25) is 5.72 Å². The topological polar surface area (TPSA) is 103 Å². The largest absolute Gasteiger partial charge is 0.456 e. The highest BCUT2D eigenvalue weighted by Gasteiger charge is 2.44. The van der Waals surface area contributed by atoms with Crippen LogP contribution in [0.15, 0.2) is 18.2 Å². The molecule has 9 heteroatoms. The molecule has 1 aromatic rings. The van der Waals surface area contributed by atoms with Crippen molar-refractivity contribution in [1.29, 1.82) is 0 Å². The fourth-order valence-electron chi connectivity index (χ4n) is 2.67. The summed E-state index contributed by atoms with van der Waals surface area (Å²) >= 11 is 6.19. The maximum Gasteiger partial charge on any atom is 0.415 e. The van der Waals surface area contributed by atoms with Crippen molar-refractivity contribution in [2.75, 3.05) is 13.7 Å². The van der Waals surface area contributed by atoms with E-state index in [1.54, 1.807) is 32.9 Å². The summed E-state index contributed by atoms with van der Waals surface area (Å²) in [4.78, 5) is 36.2. The third-order valence-corrected chi connectivity index (χ3v) is 4.44. The molecular weight excluding hydrogens is 388 g/mol. The van der Waals surface area contributed by atoms with Crippen LogP contribution in [0.25, 0.3) is 0 Å². The Hall–Kier alpha value is -2.16. The molecule has 8 nitrogen and oxygen atoms in total. The molecule has 0 aliphatic carbocycles. The van der Waals surface area contributed by atoms with E-state index < -0.39 is 29.4 Å². The molecule has 2 rings (SSSR count). The van der Waals surface area contributed by atoms with Gasteiger partial charge < -0.3 is 19.5 Å². The number of alkyl carbamates (subject to hydrolysis) is 1. The Morgan fingerprint density at radius 2 is 2.00 bits per heavy atom. The molecule has 28 heavy (non-hydrogen) atoms. The first kappa shape index (κ1) is 22.1. The highest BCUT2D eigenvalue weighted by Crippen LogP contribution is 2.22. The summed E-state index contributed by atoms with van der Waals surface area (Å²) in [5.74, 6) is -1.29. The maximum absolute atomic E-state index is 12.2. The number of esters is 2. The molecule has 1 fully saturated rings. The highest BCUT2D eigenvalue weighted by molar-refractivity contribution is 6.31. The van der Waals surface area contributed by atoms with Crippen molar-refractivity contribution in [3.63, 3.8) is 0 Å². The van der Waals surface area contributed by atoms with Gasteiger partial charge in [-0.05, 0) is 51.4 Å². The number of carbonyl (C=O) groups excluding carboxylic acids is 3. The molecule has 154 valence electrons. The van der Waals surface area contributed by atoms with Crippen molar-refractivity contribution in [2.24, 2.45) is 0 Å². The number of methoxy groups -OCH3 is 1. The molecular formula is C19H25ClN2O6. The molecule has 0 radical (unpaired) electrons. The first-order valence-corrected chi connectivity index (χ1v) is 9.26. The summed E-state index contributed by atoms with van der Waals surface area (Å²) in [5.41, 5.74) is -1.05. The normalized spacial score (nSPS) is 19.2. The fraction of sp³-hybridized carbons (Fsp3) is 0.526. The number of ether oxygens (including phenoxy) is 3. The lowest BCUT2D eigenvalue weighted by Crippen LogP contribution is -2.51. The van der Waals surface area contributed by atoms with Crippen molar-refractivity contribution in [3.8, 4) is 0 Å². The van der Waals surface area contributed by atoms with Gasteiger partial charge in [-0.2, -0.15) is 0 Å². The SMILES string of the molecule is CO[C@@]1(C(=O)OC(=O)NCc2ccc(C(=O)OC(C)(C)C)cc2Cl)CCCN1. The Morgan fingerprint density at radius 3 is 2.54 bits per heavy atom. The molecule has 2 N–H and O–H groups in total. The average molecular weight is 413 g/mol. The monoisotopic (exact) mass is 412 g/mol. The molecule has 1 heterocycles. The molecule has 0 bridgehead atoms. The van der Waals surface area contributed by atoms with Crippen molar-refractivity contribution < 1.29 is 28.6 Å². The minimum Gasteiger partial charge on any atom is -0.456 e. The van der Waals surface area contributed by atoms with Crippen LogP contribution in [0.2, 0.25) is 5.02 Å². The van der Waals surface area contributed by atoms with Gasteiger partial charge in [-0.25, -0.2) is 14.4 Å². The molecule has 1 atom stereocenters. The van der Waals surface area contributed by atoms with E-state index in [-0.39, 0.29) is 11.6 Å². The lowest BCUT2D eigenvalue weighted by molar-refractivity contribution is -0.164. The van der Waals surface area contributed by atoms with Gasteiger partial charge in [-0.15, -0.1) is 0 Å². The van der Waals surface area contributed by atoms with Gasteiger partial charge in [0.05, 0.1) is 5.56 Å². The number of hydrogen-bond acceptors (Lipinski definition) is 7. The minimum atomic E-state index is -1.29. The Balaban J connectivity index is 1.92. The summed E-state index contributed by atoms with van der Waals surface area (Å²) in [6.45, 7) is 5.93. The van der Waals surface area contributed by atoms with Crippen LogP contribution in [0.1, 0.15) is 49.5 Å². The molecule has 0 unspecified atom stereocenters. The zero-order valence-corrected chi connectivity index (χ0v) is 17.1. The van der Waals surface area contributed by atoms with E-state index in [1.165, 1.54) is 13.2 Å². The summed E-state index contributed by atoms with van der Waals surface area (Å²) in [6.07, 6.45) is 0.250. The van der Waals surface area contributed by atoms with Crippen LogP contribution in [0.4, 0.5) is 4.79 Å². The van der Waals surface area contributed by atoms with Gasteiger partial charge in [0.15, 0.2) is 0 Å². The third kappa shape index (κ3) is 5.67.